The number of phenols is 2. The molecule has 0 saturated heterocycles. The van der Waals surface area contributed by atoms with Gasteiger partial charge < -0.3 is 48.9 Å². The molecule has 5 aromatic rings. The first kappa shape index (κ1) is 43.3. The van der Waals surface area contributed by atoms with Gasteiger partial charge in [-0.3, -0.25) is 9.59 Å². The van der Waals surface area contributed by atoms with E-state index < -0.39 is 76.0 Å². The number of phenolic OH excluding ortho intramolecular Hbond substituents is 2. The highest BCUT2D eigenvalue weighted by atomic mass is 35.5. The fraction of sp³-hybridized carbons (Fsp3) is 0.268. The fourth-order valence-electron chi connectivity index (χ4n) is 8.04. The topological polar surface area (TPSA) is 184 Å². The van der Waals surface area contributed by atoms with Gasteiger partial charge in [0.2, 0.25) is 0 Å². The molecule has 4 N–H and O–H groups in total. The van der Waals surface area contributed by atoms with Crippen molar-refractivity contribution < 1.29 is 74.7 Å². The summed E-state index contributed by atoms with van der Waals surface area (Å²) in [4.78, 5) is 59.2. The van der Waals surface area contributed by atoms with Gasteiger partial charge in [-0.25, -0.2) is 9.59 Å². The summed E-state index contributed by atoms with van der Waals surface area (Å²) >= 11 is 6.25. The molecule has 2 amide bonds. The molecule has 0 aliphatic carbocycles. The molecule has 0 spiro atoms. The van der Waals surface area contributed by atoms with Crippen molar-refractivity contribution in [2.45, 2.75) is 24.7 Å². The number of carbonyl (C=O) groups excluding carboxylic acids is 4. The molecule has 2 aliphatic rings. The average molecular weight is 891 g/mol. The third-order valence-corrected chi connectivity index (χ3v) is 11.0. The van der Waals surface area contributed by atoms with Crippen molar-refractivity contribution in [3.8, 4) is 23.0 Å². The van der Waals surface area contributed by atoms with Crippen LogP contribution in [-0.2, 0) is 37.8 Å². The Morgan fingerprint density at radius 1 is 0.758 bits per heavy atom. The SMILES string of the molecule is COC(=O)c1c(C(F)(F)F)[nH]c2c(O)cc3c(c12)CCN3C(=O)/C=C/c1ccc(/C=C/C(=O)N2C[C@@H](CCl)c3c2cc(O)c2[nH]c(C(F)(F)F)c(C(=O)OC)c32)c(OC)c1OC. The molecule has 0 saturated carbocycles. The van der Waals surface area contributed by atoms with E-state index in [1.807, 2.05) is 0 Å². The zero-order valence-electron chi connectivity index (χ0n) is 32.7. The molecule has 14 nitrogen and oxygen atoms in total. The van der Waals surface area contributed by atoms with Crippen LogP contribution in [0.5, 0.6) is 23.0 Å². The lowest BCUT2D eigenvalue weighted by molar-refractivity contribution is -0.141. The van der Waals surface area contributed by atoms with Gasteiger partial charge in [0.15, 0.2) is 11.5 Å². The van der Waals surface area contributed by atoms with Crippen molar-refractivity contribution >= 4 is 80.7 Å². The normalized spacial score (nSPS) is 15.2. The molecule has 2 aromatic heterocycles. The van der Waals surface area contributed by atoms with Gasteiger partial charge in [0.25, 0.3) is 11.8 Å². The second kappa shape index (κ2) is 15.9. The summed E-state index contributed by atoms with van der Waals surface area (Å²) in [7, 11) is 4.46. The monoisotopic (exact) mass is 890 g/mol. The van der Waals surface area contributed by atoms with E-state index in [-0.39, 0.29) is 81.2 Å². The number of ether oxygens (including phenoxy) is 4. The number of halogens is 7. The molecule has 4 heterocycles. The maximum Gasteiger partial charge on any atom is 0.432 e. The van der Waals surface area contributed by atoms with Crippen LogP contribution in [0, 0.1) is 0 Å². The fourth-order valence-corrected chi connectivity index (χ4v) is 8.30. The van der Waals surface area contributed by atoms with Crippen LogP contribution in [0.1, 0.15) is 60.3 Å². The van der Waals surface area contributed by atoms with Crippen LogP contribution in [0.2, 0.25) is 0 Å². The Kier molecular flexibility index (Phi) is 11.1. The Hall–Kier alpha value is -6.83. The predicted octanol–water partition coefficient (Wildman–Crippen LogP) is 7.67. The third-order valence-electron chi connectivity index (χ3n) is 10.7. The van der Waals surface area contributed by atoms with Gasteiger partial charge in [-0.05, 0) is 29.7 Å². The van der Waals surface area contributed by atoms with E-state index in [9.17, 15) is 55.7 Å². The molecule has 0 radical (unpaired) electrons. The number of hydrogen-bond acceptors (Lipinski definition) is 10. The Labute approximate surface area is 350 Å². The zero-order valence-corrected chi connectivity index (χ0v) is 33.5. The van der Waals surface area contributed by atoms with E-state index in [4.69, 9.17) is 21.1 Å². The maximum atomic E-state index is 14.1. The molecule has 326 valence electrons. The third kappa shape index (κ3) is 7.06. The largest absolute Gasteiger partial charge is 0.506 e. The van der Waals surface area contributed by atoms with E-state index in [0.29, 0.717) is 11.1 Å². The molecule has 0 unspecified atom stereocenters. The number of alkyl halides is 7. The molecule has 62 heavy (non-hydrogen) atoms. The van der Waals surface area contributed by atoms with E-state index in [0.717, 1.165) is 38.5 Å². The first-order chi connectivity index (χ1) is 29.3. The number of nitrogens with zero attached hydrogens (tertiary/aromatic N) is 2. The van der Waals surface area contributed by atoms with Crippen LogP contribution in [0.3, 0.4) is 0 Å². The molecule has 21 heteroatoms. The summed E-state index contributed by atoms with van der Waals surface area (Å²) in [5.74, 6) is -5.92. The molecular weight excluding hydrogens is 858 g/mol. The highest BCUT2D eigenvalue weighted by Gasteiger charge is 2.44. The molecule has 7 rings (SSSR count). The lowest BCUT2D eigenvalue weighted by Crippen LogP contribution is -2.28. The Morgan fingerprint density at radius 2 is 1.23 bits per heavy atom. The van der Waals surface area contributed by atoms with Gasteiger partial charge in [0, 0.05) is 71.1 Å². The van der Waals surface area contributed by atoms with Crippen molar-refractivity contribution in [2.75, 3.05) is 57.2 Å². The highest BCUT2D eigenvalue weighted by Crippen LogP contribution is 2.50. The number of methoxy groups -OCH3 is 4. The summed E-state index contributed by atoms with van der Waals surface area (Å²) in [5.41, 5.74) is -4.20. The second-order valence-electron chi connectivity index (χ2n) is 14.0. The number of hydrogen-bond donors (Lipinski definition) is 4. The standard InChI is InChI=1S/C41H33ClF6N4O10/c1-59-34-17(7-9-25(55)51-12-11-20-21(51)13-23(53)32-28(20)30(38(57)61-3)36(49-32)40(43,44)45)5-6-18(35(34)60-2)8-10-26(56)52-16-19(15-42)27-22(52)14-24(54)33-29(27)31(39(58)62-4)37(50-33)41(46,47)48/h5-10,13-14,19,49-50,53-54H,11-12,15-16H2,1-4H3/b9-7+,10-8+/t19-/m1/s1. The minimum absolute atomic E-state index is 0.00767. The van der Waals surface area contributed by atoms with Crippen molar-refractivity contribution in [1.29, 1.82) is 0 Å². The first-order valence-corrected chi connectivity index (χ1v) is 18.8. The van der Waals surface area contributed by atoms with E-state index in [1.54, 1.807) is 0 Å². The van der Waals surface area contributed by atoms with Crippen LogP contribution in [0.15, 0.2) is 36.4 Å². The molecule has 1 atom stereocenters. The van der Waals surface area contributed by atoms with Gasteiger partial charge in [0.05, 0.1) is 62.0 Å². The second-order valence-corrected chi connectivity index (χ2v) is 14.3. The van der Waals surface area contributed by atoms with Crippen molar-refractivity contribution in [3.05, 3.63) is 81.2 Å². The summed E-state index contributed by atoms with van der Waals surface area (Å²) in [5, 5.41) is 21.1. The predicted molar refractivity (Wildman–Crippen MR) is 212 cm³/mol. The zero-order chi connectivity index (χ0) is 45.2. The molecule has 0 bridgehead atoms. The minimum atomic E-state index is -5.04. The van der Waals surface area contributed by atoms with Crippen LogP contribution >= 0.6 is 11.6 Å². The van der Waals surface area contributed by atoms with Crippen molar-refractivity contribution in [2.24, 2.45) is 0 Å². The highest BCUT2D eigenvalue weighted by molar-refractivity contribution is 6.20. The number of rotatable bonds is 9. The number of carbonyl (C=O) groups is 4. The number of aromatic amines is 2. The van der Waals surface area contributed by atoms with Crippen LogP contribution in [0.25, 0.3) is 34.0 Å². The van der Waals surface area contributed by atoms with Crippen LogP contribution < -0.4 is 19.3 Å². The number of benzene rings is 3. The Balaban J connectivity index is 1.18. The van der Waals surface area contributed by atoms with E-state index in [2.05, 4.69) is 19.4 Å². The summed E-state index contributed by atoms with van der Waals surface area (Å²) in [6.07, 6.45) is -4.94. The van der Waals surface area contributed by atoms with Crippen molar-refractivity contribution in [1.82, 2.24) is 9.97 Å². The van der Waals surface area contributed by atoms with Crippen LogP contribution in [-0.4, -0.2) is 91.3 Å². The smallest absolute Gasteiger partial charge is 0.432 e. The average Bonchev–Trinajstić information content (AvgIpc) is 4.02. The van der Waals surface area contributed by atoms with Gasteiger partial charge >= 0.3 is 24.3 Å². The van der Waals surface area contributed by atoms with Crippen LogP contribution in [0.4, 0.5) is 37.7 Å². The van der Waals surface area contributed by atoms with Gasteiger partial charge in [-0.15, -0.1) is 11.6 Å². The summed E-state index contributed by atoms with van der Waals surface area (Å²) in [6.45, 7) is -0.129. The number of anilines is 2. The lowest BCUT2D eigenvalue weighted by Gasteiger charge is -2.17. The summed E-state index contributed by atoms with van der Waals surface area (Å²) < 4.78 is 104. The van der Waals surface area contributed by atoms with Gasteiger partial charge in [-0.2, -0.15) is 26.3 Å². The number of esters is 2. The minimum Gasteiger partial charge on any atom is -0.506 e. The number of fused-ring (bicyclic) bond motifs is 6. The lowest BCUT2D eigenvalue weighted by atomic mass is 9.95. The quantitative estimate of drug-likeness (QED) is 0.0496. The Bertz CT molecular complexity index is 2770. The number of nitrogens with one attached hydrogen (secondary N) is 2. The summed E-state index contributed by atoms with van der Waals surface area (Å²) in [6, 6.07) is 5.30. The van der Waals surface area contributed by atoms with E-state index >= 15 is 0 Å². The number of H-pyrrole nitrogens is 2. The number of aromatic hydroxyl groups is 2. The Morgan fingerprint density at radius 3 is 1.69 bits per heavy atom. The molecule has 0 fully saturated rings. The maximum absolute atomic E-state index is 14.1. The number of amides is 2. The van der Waals surface area contributed by atoms with Crippen molar-refractivity contribution in [3.63, 3.8) is 0 Å². The molecular formula is C41H33ClF6N4O10. The molecule has 2 aliphatic heterocycles. The first-order valence-electron chi connectivity index (χ1n) is 18.2. The number of aromatic nitrogens is 2. The van der Waals surface area contributed by atoms with Gasteiger partial charge in [-0.1, -0.05) is 12.1 Å². The van der Waals surface area contributed by atoms with E-state index in [1.165, 1.54) is 48.3 Å². The molecule has 3 aromatic carbocycles. The van der Waals surface area contributed by atoms with Gasteiger partial charge in [0.1, 0.15) is 22.9 Å².